The minimum Gasteiger partial charge on any atom is -0.331 e. The van der Waals surface area contributed by atoms with Crippen molar-refractivity contribution in [1.29, 1.82) is 0 Å². The fourth-order valence-corrected chi connectivity index (χ4v) is 2.55. The van der Waals surface area contributed by atoms with Gasteiger partial charge >= 0.3 is 0 Å². The summed E-state index contributed by atoms with van der Waals surface area (Å²) in [6.07, 6.45) is 11.0. The fraction of sp³-hybridized carbons (Fsp3) is 0.667. The van der Waals surface area contributed by atoms with Crippen molar-refractivity contribution in [2.75, 3.05) is 5.75 Å². The van der Waals surface area contributed by atoms with E-state index >= 15 is 0 Å². The van der Waals surface area contributed by atoms with Crippen molar-refractivity contribution in [2.45, 2.75) is 31.2 Å². The van der Waals surface area contributed by atoms with E-state index in [1.807, 2.05) is 12.5 Å². The van der Waals surface area contributed by atoms with Crippen molar-refractivity contribution < 1.29 is 0 Å². The van der Waals surface area contributed by atoms with Gasteiger partial charge in [0, 0.05) is 18.1 Å². The van der Waals surface area contributed by atoms with Crippen molar-refractivity contribution in [1.82, 2.24) is 9.55 Å². The Morgan fingerprint density at radius 1 is 1.42 bits per heavy atom. The molecule has 2 rings (SSSR count). The Hall–Kier alpha value is -0.440. The first-order valence-electron chi connectivity index (χ1n) is 4.47. The van der Waals surface area contributed by atoms with Crippen molar-refractivity contribution >= 4 is 12.6 Å². The minimum atomic E-state index is 0.277. The van der Waals surface area contributed by atoms with Crippen LogP contribution in [0.15, 0.2) is 18.7 Å². The molecule has 0 spiro atoms. The summed E-state index contributed by atoms with van der Waals surface area (Å²) < 4.78 is 2.23. The summed E-state index contributed by atoms with van der Waals surface area (Å²) in [5.74, 6) is 0.934. The van der Waals surface area contributed by atoms with Crippen LogP contribution < -0.4 is 0 Å². The van der Waals surface area contributed by atoms with Crippen LogP contribution >= 0.6 is 12.6 Å². The highest BCUT2D eigenvalue weighted by molar-refractivity contribution is 7.80. The molecule has 0 amide bonds. The number of imidazole rings is 1. The molecule has 12 heavy (non-hydrogen) atoms. The minimum absolute atomic E-state index is 0.277. The lowest BCUT2D eigenvalue weighted by atomic mass is 10.0. The second-order valence-corrected chi connectivity index (χ2v) is 3.88. The van der Waals surface area contributed by atoms with Gasteiger partial charge in [0.1, 0.15) is 0 Å². The van der Waals surface area contributed by atoms with Gasteiger partial charge in [0.2, 0.25) is 0 Å². The Balaban J connectivity index is 2.28. The van der Waals surface area contributed by atoms with E-state index in [1.54, 1.807) is 0 Å². The van der Waals surface area contributed by atoms with Gasteiger partial charge in [-0.25, -0.2) is 4.98 Å². The van der Waals surface area contributed by atoms with Crippen LogP contribution in [0.4, 0.5) is 0 Å². The van der Waals surface area contributed by atoms with Gasteiger partial charge in [0.25, 0.3) is 0 Å². The maximum absolute atomic E-state index is 4.44. The maximum atomic E-state index is 4.44. The summed E-state index contributed by atoms with van der Waals surface area (Å²) in [5, 5.41) is 0. The predicted octanol–water partition coefficient (Wildman–Crippen LogP) is 2.08. The predicted molar refractivity (Wildman–Crippen MR) is 52.5 cm³/mol. The topological polar surface area (TPSA) is 17.8 Å². The zero-order chi connectivity index (χ0) is 8.44. The average Bonchev–Trinajstić information content (AvgIpc) is 2.76. The molecule has 1 aliphatic carbocycles. The molecular formula is C9H14N2S. The van der Waals surface area contributed by atoms with Gasteiger partial charge in [-0.05, 0) is 12.8 Å². The zero-order valence-corrected chi connectivity index (χ0v) is 8.00. The summed E-state index contributed by atoms with van der Waals surface area (Å²) in [7, 11) is 0. The molecule has 1 fully saturated rings. The Labute approximate surface area is 78.4 Å². The molecule has 2 nitrogen and oxygen atoms in total. The zero-order valence-electron chi connectivity index (χ0n) is 7.11. The second-order valence-electron chi connectivity index (χ2n) is 3.56. The van der Waals surface area contributed by atoms with Crippen LogP contribution in [0.1, 0.15) is 25.7 Å². The molecule has 1 heterocycles. The van der Waals surface area contributed by atoms with Crippen LogP contribution in [-0.2, 0) is 5.54 Å². The molecule has 0 unspecified atom stereocenters. The van der Waals surface area contributed by atoms with E-state index in [4.69, 9.17) is 0 Å². The van der Waals surface area contributed by atoms with Crippen LogP contribution in [0, 0.1) is 0 Å². The Kier molecular flexibility index (Phi) is 2.13. The lowest BCUT2D eigenvalue weighted by Crippen LogP contribution is -2.31. The fourth-order valence-electron chi connectivity index (χ4n) is 2.07. The SMILES string of the molecule is SCC1(n2ccnc2)CCCC1. The number of aromatic nitrogens is 2. The van der Waals surface area contributed by atoms with Crippen LogP contribution in [0.25, 0.3) is 0 Å². The van der Waals surface area contributed by atoms with E-state index in [0.717, 1.165) is 5.75 Å². The van der Waals surface area contributed by atoms with Crippen molar-refractivity contribution in [3.8, 4) is 0 Å². The lowest BCUT2D eigenvalue weighted by Gasteiger charge is -2.28. The third kappa shape index (κ3) is 1.16. The average molecular weight is 182 g/mol. The molecule has 0 atom stereocenters. The van der Waals surface area contributed by atoms with Crippen LogP contribution in [0.2, 0.25) is 0 Å². The molecular weight excluding hydrogens is 168 g/mol. The highest BCUT2D eigenvalue weighted by atomic mass is 32.1. The quantitative estimate of drug-likeness (QED) is 0.693. The van der Waals surface area contributed by atoms with Gasteiger partial charge < -0.3 is 4.57 Å². The molecule has 0 saturated heterocycles. The smallest absolute Gasteiger partial charge is 0.0951 e. The molecule has 0 bridgehead atoms. The summed E-state index contributed by atoms with van der Waals surface area (Å²) >= 11 is 4.44. The highest BCUT2D eigenvalue weighted by Gasteiger charge is 2.33. The first-order chi connectivity index (χ1) is 5.87. The summed E-state index contributed by atoms with van der Waals surface area (Å²) in [5.41, 5.74) is 0.277. The molecule has 3 heteroatoms. The highest BCUT2D eigenvalue weighted by Crippen LogP contribution is 2.37. The number of rotatable bonds is 2. The van der Waals surface area contributed by atoms with Crippen LogP contribution in [0.5, 0.6) is 0 Å². The normalized spacial score (nSPS) is 21.4. The standard InChI is InChI=1S/C9H14N2S/c12-7-9(3-1-2-4-9)11-6-5-10-8-11/h5-6,8,12H,1-4,7H2. The number of nitrogens with zero attached hydrogens (tertiary/aromatic N) is 2. The number of thiol groups is 1. The maximum Gasteiger partial charge on any atom is 0.0951 e. The van der Waals surface area contributed by atoms with E-state index < -0.39 is 0 Å². The van der Waals surface area contributed by atoms with E-state index in [9.17, 15) is 0 Å². The molecule has 1 saturated carbocycles. The largest absolute Gasteiger partial charge is 0.331 e. The third-order valence-corrected chi connectivity index (χ3v) is 3.47. The molecule has 0 aromatic carbocycles. The van der Waals surface area contributed by atoms with Gasteiger partial charge in [-0.1, -0.05) is 12.8 Å². The Morgan fingerprint density at radius 2 is 2.17 bits per heavy atom. The monoisotopic (exact) mass is 182 g/mol. The van der Waals surface area contributed by atoms with Gasteiger partial charge in [-0.2, -0.15) is 12.6 Å². The van der Waals surface area contributed by atoms with Gasteiger partial charge in [-0.15, -0.1) is 0 Å². The van der Waals surface area contributed by atoms with Crippen molar-refractivity contribution in [3.05, 3.63) is 18.7 Å². The lowest BCUT2D eigenvalue weighted by molar-refractivity contribution is 0.338. The molecule has 0 N–H and O–H groups in total. The van der Waals surface area contributed by atoms with Gasteiger partial charge in [0.15, 0.2) is 0 Å². The van der Waals surface area contributed by atoms with E-state index in [1.165, 1.54) is 25.7 Å². The first-order valence-corrected chi connectivity index (χ1v) is 5.10. The number of hydrogen-bond donors (Lipinski definition) is 1. The summed E-state index contributed by atoms with van der Waals surface area (Å²) in [6, 6.07) is 0. The first kappa shape index (κ1) is 8.17. The molecule has 1 aromatic heterocycles. The number of hydrogen-bond acceptors (Lipinski definition) is 2. The summed E-state index contributed by atoms with van der Waals surface area (Å²) in [6.45, 7) is 0. The molecule has 1 aromatic rings. The summed E-state index contributed by atoms with van der Waals surface area (Å²) in [4.78, 5) is 4.09. The van der Waals surface area contributed by atoms with Gasteiger partial charge in [-0.3, -0.25) is 0 Å². The second kappa shape index (κ2) is 3.13. The van der Waals surface area contributed by atoms with Gasteiger partial charge in [0.05, 0.1) is 11.9 Å². The molecule has 66 valence electrons. The molecule has 0 aliphatic heterocycles. The van der Waals surface area contributed by atoms with Crippen LogP contribution in [0.3, 0.4) is 0 Å². The van der Waals surface area contributed by atoms with Crippen molar-refractivity contribution in [3.63, 3.8) is 0 Å². The molecule has 0 radical (unpaired) electrons. The van der Waals surface area contributed by atoms with E-state index in [2.05, 4.69) is 28.4 Å². The Bertz CT molecular complexity index is 237. The van der Waals surface area contributed by atoms with E-state index in [0.29, 0.717) is 0 Å². The Morgan fingerprint density at radius 3 is 2.67 bits per heavy atom. The van der Waals surface area contributed by atoms with Crippen molar-refractivity contribution in [2.24, 2.45) is 0 Å². The third-order valence-electron chi connectivity index (χ3n) is 2.88. The van der Waals surface area contributed by atoms with E-state index in [-0.39, 0.29) is 5.54 Å². The van der Waals surface area contributed by atoms with Crippen LogP contribution in [-0.4, -0.2) is 15.3 Å². The molecule has 1 aliphatic rings.